The lowest BCUT2D eigenvalue weighted by atomic mass is 10.0. The van der Waals surface area contributed by atoms with Crippen LogP contribution in [-0.4, -0.2) is 31.2 Å². The molecule has 1 aliphatic heterocycles. The fraction of sp³-hybridized carbons (Fsp3) is 0.318. The van der Waals surface area contributed by atoms with Gasteiger partial charge >= 0.3 is 0 Å². The number of benzene rings is 2. The number of hydrogen-bond donors (Lipinski definition) is 1. The van der Waals surface area contributed by atoms with Gasteiger partial charge < -0.3 is 5.32 Å². The van der Waals surface area contributed by atoms with E-state index in [0.717, 1.165) is 31.2 Å². The zero-order valence-corrected chi connectivity index (χ0v) is 16.9. The van der Waals surface area contributed by atoms with Crippen LogP contribution in [0.2, 0.25) is 0 Å². The molecule has 1 amide bonds. The van der Waals surface area contributed by atoms with Crippen molar-refractivity contribution in [1.82, 2.24) is 4.31 Å². The van der Waals surface area contributed by atoms with Crippen molar-refractivity contribution in [2.75, 3.05) is 11.9 Å². The average molecular weight is 399 g/mol. The predicted molar refractivity (Wildman–Crippen MR) is 112 cm³/mol. The van der Waals surface area contributed by atoms with Gasteiger partial charge in [0.1, 0.15) is 0 Å². The maximum Gasteiger partial charge on any atom is 0.248 e. The maximum absolute atomic E-state index is 13.0. The van der Waals surface area contributed by atoms with Crippen LogP contribution in [0.3, 0.4) is 0 Å². The number of hydrogen-bond acceptors (Lipinski definition) is 3. The molecular weight excluding hydrogens is 372 g/mol. The smallest absolute Gasteiger partial charge is 0.248 e. The van der Waals surface area contributed by atoms with E-state index in [1.807, 2.05) is 37.3 Å². The minimum Gasteiger partial charge on any atom is -0.323 e. The van der Waals surface area contributed by atoms with E-state index in [0.29, 0.717) is 12.2 Å². The molecule has 5 nitrogen and oxygen atoms in total. The summed E-state index contributed by atoms with van der Waals surface area (Å²) in [6.45, 7) is 2.60. The lowest BCUT2D eigenvalue weighted by Crippen LogP contribution is -2.43. The first-order chi connectivity index (χ1) is 13.5. The van der Waals surface area contributed by atoms with Gasteiger partial charge in [0.15, 0.2) is 0 Å². The van der Waals surface area contributed by atoms with E-state index < -0.39 is 10.0 Å². The monoisotopic (exact) mass is 398 g/mol. The second kappa shape index (κ2) is 9.17. The number of carbonyl (C=O) groups is 1. The lowest BCUT2D eigenvalue weighted by molar-refractivity contribution is -0.111. The molecule has 1 atom stereocenters. The standard InChI is InChI=1S/C22H26N2O3S/c1-2-20-10-6-7-17-24(20)28(26,27)21-14-12-19(13-15-21)23-22(25)16-11-18-8-4-3-5-9-18/h3-5,8-9,11-16,20H,2,6-7,10,17H2,1H3,(H,23,25)/b16-11+/t20-/m1/s1. The van der Waals surface area contributed by atoms with Crippen LogP contribution in [0.4, 0.5) is 5.69 Å². The summed E-state index contributed by atoms with van der Waals surface area (Å²) < 4.78 is 27.6. The Morgan fingerprint density at radius 1 is 1.11 bits per heavy atom. The molecule has 2 aromatic rings. The first-order valence-corrected chi connectivity index (χ1v) is 11.1. The van der Waals surface area contributed by atoms with E-state index in [2.05, 4.69) is 5.32 Å². The second-order valence-electron chi connectivity index (χ2n) is 6.93. The molecule has 6 heteroatoms. The van der Waals surface area contributed by atoms with E-state index in [9.17, 15) is 13.2 Å². The van der Waals surface area contributed by atoms with Gasteiger partial charge in [-0.2, -0.15) is 4.31 Å². The third-order valence-electron chi connectivity index (χ3n) is 5.00. The van der Waals surface area contributed by atoms with Gasteiger partial charge in [-0.25, -0.2) is 8.42 Å². The summed E-state index contributed by atoms with van der Waals surface area (Å²) in [5, 5.41) is 2.76. The Bertz CT molecular complexity index is 922. The Balaban J connectivity index is 1.67. The number of sulfonamides is 1. The molecular formula is C22H26N2O3S. The number of nitrogens with zero attached hydrogens (tertiary/aromatic N) is 1. The van der Waals surface area contributed by atoms with Crippen molar-refractivity contribution in [3.05, 3.63) is 66.2 Å². The molecule has 148 valence electrons. The highest BCUT2D eigenvalue weighted by atomic mass is 32.2. The molecule has 2 aromatic carbocycles. The van der Waals surface area contributed by atoms with E-state index in [4.69, 9.17) is 0 Å². The van der Waals surface area contributed by atoms with Gasteiger partial charge in [0.05, 0.1) is 4.90 Å². The van der Waals surface area contributed by atoms with Gasteiger partial charge in [0, 0.05) is 24.4 Å². The zero-order valence-electron chi connectivity index (χ0n) is 16.0. The third-order valence-corrected chi connectivity index (χ3v) is 6.97. The van der Waals surface area contributed by atoms with Crippen LogP contribution in [0.5, 0.6) is 0 Å². The van der Waals surface area contributed by atoms with Gasteiger partial charge in [0.25, 0.3) is 0 Å². The van der Waals surface area contributed by atoms with Crippen molar-refractivity contribution >= 4 is 27.7 Å². The number of amides is 1. The van der Waals surface area contributed by atoms with Crippen molar-refractivity contribution in [1.29, 1.82) is 0 Å². The normalized spacial score (nSPS) is 18.2. The molecule has 0 aromatic heterocycles. The lowest BCUT2D eigenvalue weighted by Gasteiger charge is -2.34. The summed E-state index contributed by atoms with van der Waals surface area (Å²) in [4.78, 5) is 12.3. The Kier molecular flexibility index (Phi) is 6.65. The highest BCUT2D eigenvalue weighted by Crippen LogP contribution is 2.27. The topological polar surface area (TPSA) is 66.5 Å². The number of nitrogens with one attached hydrogen (secondary N) is 1. The quantitative estimate of drug-likeness (QED) is 0.738. The molecule has 0 spiro atoms. The molecule has 1 saturated heterocycles. The molecule has 0 saturated carbocycles. The van der Waals surface area contributed by atoms with Gasteiger partial charge in [-0.1, -0.05) is 43.7 Å². The van der Waals surface area contributed by atoms with Crippen molar-refractivity contribution in [2.45, 2.75) is 43.5 Å². The number of carbonyl (C=O) groups excluding carboxylic acids is 1. The predicted octanol–water partition coefficient (Wildman–Crippen LogP) is 4.29. The van der Waals surface area contributed by atoms with Crippen LogP contribution in [0.25, 0.3) is 6.08 Å². The molecule has 28 heavy (non-hydrogen) atoms. The summed E-state index contributed by atoms with van der Waals surface area (Å²) >= 11 is 0. The molecule has 1 aliphatic rings. The van der Waals surface area contributed by atoms with E-state index in [1.165, 1.54) is 6.08 Å². The third kappa shape index (κ3) is 4.88. The molecule has 3 rings (SSSR count). The molecule has 0 radical (unpaired) electrons. The summed E-state index contributed by atoms with van der Waals surface area (Å²) in [5.41, 5.74) is 1.50. The van der Waals surface area contributed by atoms with Gasteiger partial charge in [-0.3, -0.25) is 4.79 Å². The Labute approximate surface area is 167 Å². The van der Waals surface area contributed by atoms with Crippen LogP contribution in [0.15, 0.2) is 65.6 Å². The number of anilines is 1. The largest absolute Gasteiger partial charge is 0.323 e. The molecule has 1 N–H and O–H groups in total. The fourth-order valence-electron chi connectivity index (χ4n) is 3.46. The molecule has 0 bridgehead atoms. The van der Waals surface area contributed by atoms with Crippen molar-refractivity contribution in [2.24, 2.45) is 0 Å². The van der Waals surface area contributed by atoms with Crippen LogP contribution in [0, 0.1) is 0 Å². The first kappa shape index (κ1) is 20.3. The minimum atomic E-state index is -3.51. The maximum atomic E-state index is 13.0. The minimum absolute atomic E-state index is 0.0706. The highest BCUT2D eigenvalue weighted by molar-refractivity contribution is 7.89. The van der Waals surface area contributed by atoms with Crippen LogP contribution in [-0.2, 0) is 14.8 Å². The summed E-state index contributed by atoms with van der Waals surface area (Å²) in [6, 6.07) is 16.0. The second-order valence-corrected chi connectivity index (χ2v) is 8.82. The highest BCUT2D eigenvalue weighted by Gasteiger charge is 2.32. The zero-order chi connectivity index (χ0) is 20.0. The first-order valence-electron chi connectivity index (χ1n) is 9.66. The molecule has 0 unspecified atom stereocenters. The Morgan fingerprint density at radius 3 is 2.50 bits per heavy atom. The molecule has 0 aliphatic carbocycles. The van der Waals surface area contributed by atoms with E-state index >= 15 is 0 Å². The fourth-order valence-corrected chi connectivity index (χ4v) is 5.23. The molecule has 1 fully saturated rings. The van der Waals surface area contributed by atoms with Gasteiger partial charge in [0.2, 0.25) is 15.9 Å². The Morgan fingerprint density at radius 2 is 1.82 bits per heavy atom. The van der Waals surface area contributed by atoms with E-state index in [-0.39, 0.29) is 16.8 Å². The van der Waals surface area contributed by atoms with Crippen LogP contribution < -0.4 is 5.32 Å². The van der Waals surface area contributed by atoms with E-state index in [1.54, 1.807) is 34.6 Å². The molecule has 1 heterocycles. The summed E-state index contributed by atoms with van der Waals surface area (Å²) in [5.74, 6) is -0.262. The van der Waals surface area contributed by atoms with Crippen LogP contribution >= 0.6 is 0 Å². The summed E-state index contributed by atoms with van der Waals surface area (Å²) in [6.07, 6.45) is 6.90. The average Bonchev–Trinajstić information content (AvgIpc) is 2.73. The SMILES string of the molecule is CC[C@@H]1CCCCN1S(=O)(=O)c1ccc(NC(=O)/C=C/c2ccccc2)cc1. The van der Waals surface area contributed by atoms with Gasteiger partial charge in [-0.15, -0.1) is 0 Å². The van der Waals surface area contributed by atoms with Gasteiger partial charge in [-0.05, 0) is 55.2 Å². The Hall–Kier alpha value is -2.44. The van der Waals surface area contributed by atoms with Crippen molar-refractivity contribution in [3.63, 3.8) is 0 Å². The van der Waals surface area contributed by atoms with Crippen molar-refractivity contribution in [3.8, 4) is 0 Å². The summed E-state index contributed by atoms with van der Waals surface area (Å²) in [7, 11) is -3.51. The van der Waals surface area contributed by atoms with Crippen molar-refractivity contribution < 1.29 is 13.2 Å². The number of rotatable bonds is 6. The van der Waals surface area contributed by atoms with Crippen LogP contribution in [0.1, 0.15) is 38.2 Å². The number of piperidine rings is 1.